The van der Waals surface area contributed by atoms with E-state index in [-0.39, 0.29) is 24.6 Å². The molecule has 0 aliphatic rings. The summed E-state index contributed by atoms with van der Waals surface area (Å²) < 4.78 is 8.30. The molecule has 3 aromatic heterocycles. The van der Waals surface area contributed by atoms with Crippen molar-refractivity contribution in [3.05, 3.63) is 82.0 Å². The number of aromatic nitrogens is 5. The summed E-state index contributed by atoms with van der Waals surface area (Å²) in [5, 5.41) is 7.51. The topological polar surface area (TPSA) is 108 Å². The first kappa shape index (κ1) is 20.6. The van der Waals surface area contributed by atoms with Crippen LogP contribution in [-0.4, -0.2) is 30.2 Å². The molecule has 1 N–H and O–H groups in total. The summed E-state index contributed by atoms with van der Waals surface area (Å²) in [5.74, 6) is 0.568. The van der Waals surface area contributed by atoms with Crippen molar-refractivity contribution >= 4 is 33.5 Å². The van der Waals surface area contributed by atoms with Crippen LogP contribution in [0.25, 0.3) is 21.9 Å². The molecule has 0 saturated carbocycles. The van der Waals surface area contributed by atoms with E-state index in [0.29, 0.717) is 28.4 Å². The third kappa shape index (κ3) is 3.89. The fourth-order valence-electron chi connectivity index (χ4n) is 4.01. The molecule has 0 bridgehead atoms. The van der Waals surface area contributed by atoms with Gasteiger partial charge in [-0.05, 0) is 50.6 Å². The molecular weight excluding hydrogens is 420 g/mol. The largest absolute Gasteiger partial charge is 0.337 e. The van der Waals surface area contributed by atoms with Crippen LogP contribution in [0.4, 0.5) is 5.69 Å². The number of nitrogens with zero attached hydrogens (tertiary/aromatic N) is 5. The molecule has 9 heteroatoms. The summed E-state index contributed by atoms with van der Waals surface area (Å²) >= 11 is 0. The van der Waals surface area contributed by atoms with Gasteiger partial charge in [0.1, 0.15) is 24.1 Å². The number of carbonyl (C=O) groups excluding carboxylic acids is 1. The van der Waals surface area contributed by atoms with Crippen LogP contribution in [0.5, 0.6) is 0 Å². The highest BCUT2D eigenvalue weighted by molar-refractivity contribution is 6.06. The monoisotopic (exact) mass is 442 g/mol. The second-order valence-corrected chi connectivity index (χ2v) is 8.13. The van der Waals surface area contributed by atoms with Crippen molar-refractivity contribution in [3.8, 4) is 0 Å². The molecule has 166 valence electrons. The molecule has 0 spiro atoms. The van der Waals surface area contributed by atoms with E-state index in [1.165, 1.54) is 10.9 Å². The number of fused-ring (bicyclic) bond motifs is 3. The molecule has 33 heavy (non-hydrogen) atoms. The van der Waals surface area contributed by atoms with Gasteiger partial charge in [-0.25, -0.2) is 4.98 Å². The molecule has 1 amide bonds. The quantitative estimate of drug-likeness (QED) is 0.447. The molecule has 0 aliphatic heterocycles. The van der Waals surface area contributed by atoms with Crippen LogP contribution in [0, 0.1) is 20.8 Å². The Bertz CT molecular complexity index is 1580. The number of hydrogen-bond donors (Lipinski definition) is 1. The smallest absolute Gasteiger partial charge is 0.278 e. The number of hydrogen-bond acceptors (Lipinski definition) is 6. The second-order valence-electron chi connectivity index (χ2n) is 8.13. The number of anilines is 1. The standard InChI is InChI=1S/C24H22N6O3/c1-14-5-4-6-17(9-14)27-20(31)11-30-19-8-7-15(2)10-18(19)22-23(30)24(32)29(13-25-22)12-21-26-16(3)28-33-21/h4-10,13H,11-12H2,1-3H3,(H,27,31). The van der Waals surface area contributed by atoms with Gasteiger partial charge < -0.3 is 14.4 Å². The lowest BCUT2D eigenvalue weighted by atomic mass is 10.1. The summed E-state index contributed by atoms with van der Waals surface area (Å²) in [6, 6.07) is 13.4. The maximum Gasteiger partial charge on any atom is 0.278 e. The van der Waals surface area contributed by atoms with E-state index in [1.54, 1.807) is 11.5 Å². The van der Waals surface area contributed by atoms with Crippen LogP contribution in [0.3, 0.4) is 0 Å². The Balaban J connectivity index is 1.61. The van der Waals surface area contributed by atoms with E-state index in [2.05, 4.69) is 20.4 Å². The van der Waals surface area contributed by atoms with Gasteiger partial charge in [-0.15, -0.1) is 0 Å². The molecule has 0 aliphatic carbocycles. The molecule has 9 nitrogen and oxygen atoms in total. The molecular formula is C24H22N6O3. The minimum atomic E-state index is -0.284. The van der Waals surface area contributed by atoms with Crippen molar-refractivity contribution in [1.29, 1.82) is 0 Å². The van der Waals surface area contributed by atoms with Gasteiger partial charge in [0.05, 0.1) is 11.8 Å². The Morgan fingerprint density at radius 1 is 1.09 bits per heavy atom. The maximum absolute atomic E-state index is 13.5. The first-order valence-electron chi connectivity index (χ1n) is 10.5. The van der Waals surface area contributed by atoms with E-state index < -0.39 is 0 Å². The average Bonchev–Trinajstić information content (AvgIpc) is 3.31. The van der Waals surface area contributed by atoms with Crippen molar-refractivity contribution in [1.82, 2.24) is 24.3 Å². The highest BCUT2D eigenvalue weighted by atomic mass is 16.5. The van der Waals surface area contributed by atoms with Gasteiger partial charge in [0, 0.05) is 11.1 Å². The van der Waals surface area contributed by atoms with Crippen LogP contribution in [-0.2, 0) is 17.9 Å². The van der Waals surface area contributed by atoms with Crippen molar-refractivity contribution in [2.24, 2.45) is 0 Å². The Morgan fingerprint density at radius 2 is 1.91 bits per heavy atom. The molecule has 0 unspecified atom stereocenters. The lowest BCUT2D eigenvalue weighted by Gasteiger charge is -2.10. The number of carbonyl (C=O) groups is 1. The van der Waals surface area contributed by atoms with Crippen molar-refractivity contribution in [2.45, 2.75) is 33.9 Å². The average molecular weight is 442 g/mol. The SMILES string of the molecule is Cc1cccc(NC(=O)Cn2c3ccc(C)cc3c3ncn(Cc4nc(C)no4)c(=O)c32)c1. The van der Waals surface area contributed by atoms with Gasteiger partial charge >= 0.3 is 0 Å². The molecule has 0 fully saturated rings. The van der Waals surface area contributed by atoms with Gasteiger partial charge in [0.2, 0.25) is 11.8 Å². The molecule has 0 radical (unpaired) electrons. The van der Waals surface area contributed by atoms with Crippen LogP contribution in [0.15, 0.2) is 58.1 Å². The van der Waals surface area contributed by atoms with E-state index in [4.69, 9.17) is 4.52 Å². The van der Waals surface area contributed by atoms with Gasteiger partial charge in [-0.2, -0.15) is 4.98 Å². The number of amides is 1. The predicted octanol–water partition coefficient (Wildman–Crippen LogP) is 3.35. The molecule has 0 atom stereocenters. The van der Waals surface area contributed by atoms with Crippen molar-refractivity contribution in [3.63, 3.8) is 0 Å². The zero-order chi connectivity index (χ0) is 23.1. The highest BCUT2D eigenvalue weighted by Crippen LogP contribution is 2.26. The van der Waals surface area contributed by atoms with Gasteiger partial charge in [-0.1, -0.05) is 28.9 Å². The minimum Gasteiger partial charge on any atom is -0.337 e. The van der Waals surface area contributed by atoms with Crippen molar-refractivity contribution < 1.29 is 9.32 Å². The Morgan fingerprint density at radius 3 is 2.67 bits per heavy atom. The summed E-state index contributed by atoms with van der Waals surface area (Å²) in [7, 11) is 0. The first-order chi connectivity index (χ1) is 15.9. The number of aryl methyl sites for hydroxylation is 3. The van der Waals surface area contributed by atoms with E-state index in [9.17, 15) is 9.59 Å². The third-order valence-corrected chi connectivity index (χ3v) is 5.46. The van der Waals surface area contributed by atoms with Gasteiger partial charge in [0.25, 0.3) is 5.56 Å². The van der Waals surface area contributed by atoms with E-state index in [0.717, 1.165) is 22.0 Å². The van der Waals surface area contributed by atoms with Crippen LogP contribution < -0.4 is 10.9 Å². The summed E-state index contributed by atoms with van der Waals surface area (Å²) in [6.45, 7) is 5.72. The van der Waals surface area contributed by atoms with Gasteiger partial charge in [0.15, 0.2) is 5.82 Å². The number of rotatable bonds is 5. The number of benzene rings is 2. The van der Waals surface area contributed by atoms with Crippen molar-refractivity contribution in [2.75, 3.05) is 5.32 Å². The molecule has 2 aromatic carbocycles. The molecule has 5 rings (SSSR count). The van der Waals surface area contributed by atoms with E-state index >= 15 is 0 Å². The van der Waals surface area contributed by atoms with Crippen LogP contribution in [0.2, 0.25) is 0 Å². The van der Waals surface area contributed by atoms with Gasteiger partial charge in [-0.3, -0.25) is 14.2 Å². The minimum absolute atomic E-state index is 0.0302. The Kier molecular flexibility index (Phi) is 5.01. The van der Waals surface area contributed by atoms with Crippen LogP contribution in [0.1, 0.15) is 22.8 Å². The molecule has 3 heterocycles. The predicted molar refractivity (Wildman–Crippen MR) is 124 cm³/mol. The highest BCUT2D eigenvalue weighted by Gasteiger charge is 2.19. The zero-order valence-electron chi connectivity index (χ0n) is 18.5. The summed E-state index contributed by atoms with van der Waals surface area (Å²) in [4.78, 5) is 35.1. The summed E-state index contributed by atoms with van der Waals surface area (Å²) in [5.41, 5.74) is 4.19. The maximum atomic E-state index is 13.5. The third-order valence-electron chi connectivity index (χ3n) is 5.46. The fraction of sp³-hybridized carbons (Fsp3) is 0.208. The lowest BCUT2D eigenvalue weighted by molar-refractivity contribution is -0.116. The molecule has 5 aromatic rings. The summed E-state index contributed by atoms with van der Waals surface area (Å²) in [6.07, 6.45) is 1.48. The molecule has 0 saturated heterocycles. The Hall–Kier alpha value is -4.27. The normalized spacial score (nSPS) is 11.4. The lowest BCUT2D eigenvalue weighted by Crippen LogP contribution is -2.25. The number of nitrogens with one attached hydrogen (secondary N) is 1. The van der Waals surface area contributed by atoms with E-state index in [1.807, 2.05) is 56.3 Å². The first-order valence-corrected chi connectivity index (χ1v) is 10.5. The zero-order valence-corrected chi connectivity index (χ0v) is 18.5. The van der Waals surface area contributed by atoms with Crippen LogP contribution >= 0.6 is 0 Å². The fourth-order valence-corrected chi connectivity index (χ4v) is 4.01. The Labute approximate surface area is 188 Å². The second kappa shape index (κ2) is 8.01.